The molecule has 2 heterocycles. The van der Waals surface area contributed by atoms with E-state index in [0.717, 1.165) is 16.7 Å². The number of aliphatic hydroxyl groups is 1. The first-order chi connectivity index (χ1) is 15.0. The molecule has 8 heteroatoms. The fraction of sp³-hybridized carbons (Fsp3) is 0.167. The molecule has 0 spiro atoms. The molecule has 32 heavy (non-hydrogen) atoms. The van der Waals surface area contributed by atoms with Gasteiger partial charge in [-0.05, 0) is 55.8 Å². The maximum absolute atomic E-state index is 11.9. The van der Waals surface area contributed by atoms with Crippen molar-refractivity contribution in [3.05, 3.63) is 83.6 Å². The van der Waals surface area contributed by atoms with Crippen LogP contribution in [-0.4, -0.2) is 34.5 Å². The minimum Gasteiger partial charge on any atom is -0.384 e. The van der Waals surface area contributed by atoms with Crippen molar-refractivity contribution >= 4 is 21.4 Å². The van der Waals surface area contributed by atoms with Crippen LogP contribution in [0.1, 0.15) is 19.5 Å². The van der Waals surface area contributed by atoms with Crippen LogP contribution in [0.15, 0.2) is 77.8 Å². The van der Waals surface area contributed by atoms with Crippen molar-refractivity contribution in [3.63, 3.8) is 0 Å². The first-order valence-electron chi connectivity index (χ1n) is 9.89. The molecule has 4 rings (SSSR count). The number of rotatable bonds is 5. The van der Waals surface area contributed by atoms with Gasteiger partial charge in [0.2, 0.25) is 0 Å². The molecule has 164 valence electrons. The predicted octanol–water partition coefficient (Wildman–Crippen LogP) is 4.89. The monoisotopic (exact) mass is 467 g/mol. The van der Waals surface area contributed by atoms with Gasteiger partial charge in [0.25, 0.3) is 0 Å². The number of sulfone groups is 1. The second kappa shape index (κ2) is 8.16. The molecule has 0 aliphatic rings. The van der Waals surface area contributed by atoms with E-state index >= 15 is 0 Å². The smallest absolute Gasteiger partial charge is 0.175 e. The van der Waals surface area contributed by atoms with E-state index in [9.17, 15) is 13.5 Å². The summed E-state index contributed by atoms with van der Waals surface area (Å²) in [6, 6.07) is 19.6. The van der Waals surface area contributed by atoms with E-state index < -0.39 is 15.4 Å². The molecular weight excluding hydrogens is 446 g/mol. The van der Waals surface area contributed by atoms with Crippen LogP contribution in [0.4, 0.5) is 0 Å². The van der Waals surface area contributed by atoms with E-state index in [0.29, 0.717) is 22.2 Å². The van der Waals surface area contributed by atoms with Crippen LogP contribution >= 0.6 is 11.6 Å². The van der Waals surface area contributed by atoms with Crippen LogP contribution in [0.2, 0.25) is 5.02 Å². The molecule has 0 atom stereocenters. The van der Waals surface area contributed by atoms with Crippen LogP contribution in [0, 0.1) is 0 Å². The second-order valence-corrected chi connectivity index (χ2v) is 10.5. The molecule has 0 aliphatic heterocycles. The van der Waals surface area contributed by atoms with Gasteiger partial charge in [-0.1, -0.05) is 41.9 Å². The zero-order valence-corrected chi connectivity index (χ0v) is 19.4. The van der Waals surface area contributed by atoms with Gasteiger partial charge >= 0.3 is 0 Å². The van der Waals surface area contributed by atoms with Crippen LogP contribution in [0.25, 0.3) is 28.2 Å². The van der Waals surface area contributed by atoms with Gasteiger partial charge in [-0.2, -0.15) is 5.10 Å². The van der Waals surface area contributed by atoms with Crippen LogP contribution in [-0.2, 0) is 15.4 Å². The van der Waals surface area contributed by atoms with Gasteiger partial charge in [0.1, 0.15) is 5.60 Å². The standard InChI is InChI=1S/C24H22ClN3O3S/c1-24(2,29)22-14-21(19-9-4-5-10-20(19)25)28(27-22)23-12-11-17(15-26-23)16-7-6-8-18(13-16)32(3,30)31/h4-15,29H,1-3H3. The molecule has 6 nitrogen and oxygen atoms in total. The third kappa shape index (κ3) is 4.46. The Kier molecular flexibility index (Phi) is 5.67. The average molecular weight is 468 g/mol. The summed E-state index contributed by atoms with van der Waals surface area (Å²) in [5.74, 6) is 0.540. The Hall–Kier alpha value is -3.00. The lowest BCUT2D eigenvalue weighted by Crippen LogP contribution is -2.16. The van der Waals surface area contributed by atoms with Crippen LogP contribution in [0.3, 0.4) is 0 Å². The third-order valence-electron chi connectivity index (χ3n) is 5.05. The molecular formula is C24H22ClN3O3S. The van der Waals surface area contributed by atoms with Gasteiger partial charge in [0.15, 0.2) is 15.7 Å². The fourth-order valence-corrected chi connectivity index (χ4v) is 4.20. The van der Waals surface area contributed by atoms with Crippen molar-refractivity contribution in [1.29, 1.82) is 0 Å². The van der Waals surface area contributed by atoms with E-state index in [1.807, 2.05) is 30.3 Å². The van der Waals surface area contributed by atoms with Gasteiger partial charge in [-0.15, -0.1) is 0 Å². The minimum absolute atomic E-state index is 0.252. The van der Waals surface area contributed by atoms with Crippen molar-refractivity contribution < 1.29 is 13.5 Å². The summed E-state index contributed by atoms with van der Waals surface area (Å²) in [7, 11) is -3.31. The van der Waals surface area contributed by atoms with E-state index in [1.54, 1.807) is 61.1 Å². The Labute approximate surface area is 192 Å². The average Bonchev–Trinajstić information content (AvgIpc) is 3.19. The molecule has 0 unspecified atom stereocenters. The molecule has 0 saturated heterocycles. The highest BCUT2D eigenvalue weighted by molar-refractivity contribution is 7.90. The zero-order chi connectivity index (χ0) is 23.1. The van der Waals surface area contributed by atoms with Gasteiger partial charge in [-0.3, -0.25) is 0 Å². The highest BCUT2D eigenvalue weighted by atomic mass is 35.5. The topological polar surface area (TPSA) is 85.1 Å². The van der Waals surface area contributed by atoms with Crippen molar-refractivity contribution in [3.8, 4) is 28.2 Å². The SMILES string of the molecule is CC(C)(O)c1cc(-c2ccccc2Cl)n(-c2ccc(-c3cccc(S(C)(=O)=O)c3)cn2)n1. The van der Waals surface area contributed by atoms with Crippen molar-refractivity contribution in [2.75, 3.05) is 6.26 Å². The molecule has 0 bridgehead atoms. The maximum Gasteiger partial charge on any atom is 0.175 e. The number of halogens is 1. The molecule has 2 aromatic carbocycles. The summed E-state index contributed by atoms with van der Waals surface area (Å²) in [5.41, 5.74) is 2.33. The number of nitrogens with zero attached hydrogens (tertiary/aromatic N) is 3. The largest absolute Gasteiger partial charge is 0.384 e. The summed E-state index contributed by atoms with van der Waals surface area (Å²) in [5, 5.41) is 15.6. The number of aromatic nitrogens is 3. The molecule has 2 aromatic heterocycles. The first kappa shape index (κ1) is 22.2. The Morgan fingerprint density at radius 3 is 2.34 bits per heavy atom. The number of pyridine rings is 1. The first-order valence-corrected chi connectivity index (χ1v) is 12.2. The summed E-state index contributed by atoms with van der Waals surface area (Å²) < 4.78 is 25.4. The molecule has 0 aliphatic carbocycles. The third-order valence-corrected chi connectivity index (χ3v) is 6.49. The highest BCUT2D eigenvalue weighted by Gasteiger charge is 2.24. The summed E-state index contributed by atoms with van der Waals surface area (Å²) in [4.78, 5) is 4.81. The highest BCUT2D eigenvalue weighted by Crippen LogP contribution is 2.32. The lowest BCUT2D eigenvalue weighted by Gasteiger charge is -2.13. The van der Waals surface area contributed by atoms with Crippen molar-refractivity contribution in [2.24, 2.45) is 0 Å². The number of hydrogen-bond donors (Lipinski definition) is 1. The summed E-state index contributed by atoms with van der Waals surface area (Å²) >= 11 is 6.43. The molecule has 0 saturated carbocycles. The Morgan fingerprint density at radius 1 is 0.969 bits per heavy atom. The van der Waals surface area contributed by atoms with Crippen LogP contribution in [0.5, 0.6) is 0 Å². The van der Waals surface area contributed by atoms with Crippen molar-refractivity contribution in [2.45, 2.75) is 24.3 Å². The van der Waals surface area contributed by atoms with E-state index in [-0.39, 0.29) is 4.90 Å². The fourth-order valence-electron chi connectivity index (χ4n) is 3.30. The van der Waals surface area contributed by atoms with Crippen molar-refractivity contribution in [1.82, 2.24) is 14.8 Å². The summed E-state index contributed by atoms with van der Waals surface area (Å²) in [6.07, 6.45) is 2.85. The maximum atomic E-state index is 11.9. The van der Waals surface area contributed by atoms with E-state index in [1.165, 1.54) is 6.26 Å². The Morgan fingerprint density at radius 2 is 1.72 bits per heavy atom. The predicted molar refractivity (Wildman–Crippen MR) is 126 cm³/mol. The Bertz CT molecular complexity index is 1390. The quantitative estimate of drug-likeness (QED) is 0.452. The molecule has 1 N–H and O–H groups in total. The van der Waals surface area contributed by atoms with E-state index in [2.05, 4.69) is 10.1 Å². The lowest BCUT2D eigenvalue weighted by molar-refractivity contribution is 0.0734. The van der Waals surface area contributed by atoms with E-state index in [4.69, 9.17) is 11.6 Å². The molecule has 0 radical (unpaired) electrons. The Balaban J connectivity index is 1.80. The van der Waals surface area contributed by atoms with Crippen LogP contribution < -0.4 is 0 Å². The van der Waals surface area contributed by atoms with Gasteiger partial charge in [0.05, 0.1) is 16.3 Å². The second-order valence-electron chi connectivity index (χ2n) is 8.07. The van der Waals surface area contributed by atoms with Gasteiger partial charge in [0, 0.05) is 28.6 Å². The number of hydrogen-bond acceptors (Lipinski definition) is 5. The molecule has 4 aromatic rings. The molecule has 0 fully saturated rings. The number of benzene rings is 2. The minimum atomic E-state index is -3.31. The zero-order valence-electron chi connectivity index (χ0n) is 17.8. The molecule has 0 amide bonds. The van der Waals surface area contributed by atoms with Gasteiger partial charge < -0.3 is 5.11 Å². The normalized spacial score (nSPS) is 12.2. The van der Waals surface area contributed by atoms with Gasteiger partial charge in [-0.25, -0.2) is 18.1 Å². The summed E-state index contributed by atoms with van der Waals surface area (Å²) in [6.45, 7) is 3.34. The lowest BCUT2D eigenvalue weighted by atomic mass is 10.0.